The molecule has 11 rings (SSSR count). The molecule has 0 radical (unpaired) electrons. The van der Waals surface area contributed by atoms with Crippen molar-refractivity contribution in [2.24, 2.45) is 34.5 Å². The van der Waals surface area contributed by atoms with E-state index < -0.39 is 109 Å². The lowest BCUT2D eigenvalue weighted by molar-refractivity contribution is -0.344. The van der Waals surface area contributed by atoms with Crippen LogP contribution in [0, 0.1) is 34.5 Å². The zero-order valence-corrected chi connectivity index (χ0v) is 63.3. The molecule has 103 heavy (non-hydrogen) atoms. The minimum absolute atomic E-state index is 0. The van der Waals surface area contributed by atoms with Gasteiger partial charge in [0.2, 0.25) is 11.5 Å². The molecule has 27 nitrogen and oxygen atoms in total. The minimum Gasteiger partial charge on any atom is -0.493 e. The van der Waals surface area contributed by atoms with Crippen LogP contribution in [0.4, 0.5) is 0 Å². The summed E-state index contributed by atoms with van der Waals surface area (Å²) in [5.74, 6) is 1.16. The summed E-state index contributed by atoms with van der Waals surface area (Å²) in [6, 6.07) is 6.34. The number of fused-ring (bicyclic) bond motifs is 5. The number of esters is 4. The van der Waals surface area contributed by atoms with Gasteiger partial charge in [0.25, 0.3) is 0 Å². The number of ether oxygens (including phenoxy) is 16. The van der Waals surface area contributed by atoms with E-state index in [1.54, 1.807) is 44.2 Å². The quantitative estimate of drug-likeness (QED) is 0.0301. The van der Waals surface area contributed by atoms with E-state index in [1.165, 1.54) is 49.6 Å². The van der Waals surface area contributed by atoms with Crippen LogP contribution in [0.2, 0.25) is 0 Å². The van der Waals surface area contributed by atoms with Gasteiger partial charge in [0.1, 0.15) is 18.8 Å². The Bertz CT molecular complexity index is 3020. The molecule has 29 heteroatoms. The highest BCUT2D eigenvalue weighted by Crippen LogP contribution is 2.70. The van der Waals surface area contributed by atoms with E-state index in [1.807, 2.05) is 13.8 Å². The number of hydrogen-bond donors (Lipinski definition) is 5. The van der Waals surface area contributed by atoms with E-state index >= 15 is 0 Å². The largest absolute Gasteiger partial charge is 0.493 e. The second kappa shape index (κ2) is 36.7. The third kappa shape index (κ3) is 18.6. The van der Waals surface area contributed by atoms with Gasteiger partial charge in [0.15, 0.2) is 48.0 Å². The van der Waals surface area contributed by atoms with E-state index in [-0.39, 0.29) is 85.9 Å². The Morgan fingerprint density at radius 2 is 1.12 bits per heavy atom. The summed E-state index contributed by atoms with van der Waals surface area (Å²) in [5.41, 5.74) is -0.302. The maximum absolute atomic E-state index is 12.7. The molecule has 1 unspecified atom stereocenters. The van der Waals surface area contributed by atoms with Gasteiger partial charge in [0, 0.05) is 63.9 Å². The van der Waals surface area contributed by atoms with Crippen LogP contribution in [0.3, 0.4) is 0 Å². The third-order valence-electron chi connectivity index (χ3n) is 23.4. The smallest absolute Gasteiger partial charge is 0.338 e. The first-order valence-electron chi connectivity index (χ1n) is 36.1. The van der Waals surface area contributed by atoms with Crippen molar-refractivity contribution in [3.63, 3.8) is 0 Å². The number of rotatable bonds is 24. The molecule has 0 spiro atoms. The Labute approximate surface area is 617 Å². The van der Waals surface area contributed by atoms with Crippen LogP contribution in [0.15, 0.2) is 35.9 Å². The van der Waals surface area contributed by atoms with Crippen LogP contribution in [-0.2, 0) is 57.0 Å². The van der Waals surface area contributed by atoms with Crippen molar-refractivity contribution < 1.29 is 121 Å². The van der Waals surface area contributed by atoms with E-state index in [9.17, 15) is 44.7 Å². The summed E-state index contributed by atoms with van der Waals surface area (Å²) in [4.78, 5) is 53.7. The number of cyclic esters (lactones) is 1. The van der Waals surface area contributed by atoms with Gasteiger partial charge in [-0.15, -0.1) is 24.8 Å². The Hall–Kier alpha value is -5.08. The molecule has 4 saturated heterocycles. The molecule has 4 saturated carbocycles. The van der Waals surface area contributed by atoms with Gasteiger partial charge in [-0.1, -0.05) is 13.8 Å². The Kier molecular flexibility index (Phi) is 29.8. The minimum atomic E-state index is -1.04. The molecule has 5 N–H and O–H groups in total. The highest BCUT2D eigenvalue weighted by molar-refractivity contribution is 5.92. The molecular weight excluding hydrogens is 1390 g/mol. The number of nitrogens with zero attached hydrogens (tertiary/aromatic N) is 2. The first-order chi connectivity index (χ1) is 48.3. The molecule has 2 aromatic carbocycles. The van der Waals surface area contributed by atoms with Crippen molar-refractivity contribution in [2.45, 2.75) is 223 Å². The fraction of sp³-hybridized carbons (Fsp3) is 0.757. The molecule has 9 aliphatic rings. The maximum atomic E-state index is 12.7. The molecule has 5 heterocycles. The van der Waals surface area contributed by atoms with Crippen molar-refractivity contribution in [1.82, 2.24) is 9.80 Å². The summed E-state index contributed by atoms with van der Waals surface area (Å²) >= 11 is 0. The summed E-state index contributed by atoms with van der Waals surface area (Å²) in [7, 11) is 9.04. The predicted molar refractivity (Wildman–Crippen MR) is 376 cm³/mol. The molecule has 2 aromatic rings. The van der Waals surface area contributed by atoms with E-state index in [0.717, 1.165) is 103 Å². The van der Waals surface area contributed by atoms with Crippen molar-refractivity contribution >= 4 is 48.7 Å². The average molecular weight is 1500 g/mol. The van der Waals surface area contributed by atoms with Crippen molar-refractivity contribution in [1.29, 1.82) is 0 Å². The highest BCUT2D eigenvalue weighted by atomic mass is 35.5. The molecule has 5 aliphatic heterocycles. The summed E-state index contributed by atoms with van der Waals surface area (Å²) in [5, 5.41) is 56.4. The lowest BCUT2D eigenvalue weighted by atomic mass is 9.42. The Balaban J connectivity index is 0.000000268. The topological polar surface area (TPSA) is 324 Å². The molecule has 4 aliphatic carbocycles. The van der Waals surface area contributed by atoms with E-state index in [0.29, 0.717) is 77.6 Å². The predicted octanol–water partition coefficient (Wildman–Crippen LogP) is 7.17. The molecular formula is C74H112Cl2N2O25. The van der Waals surface area contributed by atoms with Gasteiger partial charge in [-0.05, 0) is 163 Å². The molecule has 0 bridgehead atoms. The third-order valence-corrected chi connectivity index (χ3v) is 23.4. The molecule has 8 fully saturated rings. The van der Waals surface area contributed by atoms with Crippen LogP contribution in [-0.4, -0.2) is 253 Å². The van der Waals surface area contributed by atoms with Crippen molar-refractivity contribution in [3.8, 4) is 34.5 Å². The number of aliphatic hydroxyl groups excluding tert-OH is 4. The van der Waals surface area contributed by atoms with Crippen LogP contribution < -0.4 is 28.4 Å². The SMILES string of the molecule is CC(=O)O[C@H]1[C@@H](O)C[C@@H](O[C@H]2[C@@H](O[C@@H]3C[C@H](O)[C@H](O)[C@@H](C)O3)C[C@@H](O[C@H]3CC[C@@]4(C)[C@H](CC[C@@H]5[C@@H]4C[C@@H](O)[C@]4(C)[C@@H](C6=CC(=O)OC6)CCC54O)C3)O[C@@H]2C)O[C@@H]1C.COc1cc(C(=O)OCCCN2CCCN(CCCOC(=O)c3cc(OC)c(OC)c(OC)c3)CC2)cc(OC)c1OC.Cl.Cl. The van der Waals surface area contributed by atoms with Crippen LogP contribution in [0.1, 0.15) is 152 Å². The zero-order valence-electron chi connectivity index (χ0n) is 61.7. The number of halogens is 2. The van der Waals surface area contributed by atoms with Crippen molar-refractivity contribution in [3.05, 3.63) is 47.0 Å². The lowest BCUT2D eigenvalue weighted by Crippen LogP contribution is -2.67. The fourth-order valence-corrected chi connectivity index (χ4v) is 18.0. The van der Waals surface area contributed by atoms with Gasteiger partial charge in [-0.25, -0.2) is 14.4 Å². The lowest BCUT2D eigenvalue weighted by Gasteiger charge is -2.65. The summed E-state index contributed by atoms with van der Waals surface area (Å²) in [6.45, 7) is 17.3. The summed E-state index contributed by atoms with van der Waals surface area (Å²) in [6.07, 6.45) is 0.596. The van der Waals surface area contributed by atoms with Gasteiger partial charge < -0.3 is 111 Å². The normalized spacial score (nSPS) is 35.7. The van der Waals surface area contributed by atoms with Crippen LogP contribution in [0.5, 0.6) is 34.5 Å². The van der Waals surface area contributed by atoms with Gasteiger partial charge >= 0.3 is 23.9 Å². The molecule has 582 valence electrons. The Morgan fingerprint density at radius 3 is 1.62 bits per heavy atom. The van der Waals surface area contributed by atoms with Gasteiger partial charge in [-0.3, -0.25) is 4.79 Å². The first kappa shape index (κ1) is 83.6. The average Bonchev–Trinajstić information content (AvgIpc) is 1.61. The summed E-state index contributed by atoms with van der Waals surface area (Å²) < 4.78 is 91.8. The van der Waals surface area contributed by atoms with Gasteiger partial charge in [-0.2, -0.15) is 0 Å². The number of carbonyl (C=O) groups excluding carboxylic acids is 4. The monoisotopic (exact) mass is 1500 g/mol. The number of carbonyl (C=O) groups is 4. The molecule has 0 amide bonds. The van der Waals surface area contributed by atoms with Crippen molar-refractivity contribution in [2.75, 3.05) is 102 Å². The number of methoxy groups -OCH3 is 6. The second-order valence-electron chi connectivity index (χ2n) is 29.2. The maximum Gasteiger partial charge on any atom is 0.338 e. The zero-order chi connectivity index (χ0) is 72.7. The molecule has 0 aromatic heterocycles. The van der Waals surface area contributed by atoms with E-state index in [2.05, 4.69) is 16.7 Å². The van der Waals surface area contributed by atoms with E-state index in [4.69, 9.17) is 75.8 Å². The van der Waals surface area contributed by atoms with Crippen LogP contribution in [0.25, 0.3) is 0 Å². The number of aliphatic hydroxyl groups is 5. The second-order valence-corrected chi connectivity index (χ2v) is 29.2. The standard InChI is InChI=1S/C43H66O15.C31H44N2O10.2ClH/c1-20-38(49)30(45)16-35(52-20)57-32-18-37(54-22(3)40(32)58-36-17-31(46)39(21(2)53-36)55-23(4)44)56-26-9-11-41(5)25(14-26)7-8-28-29(41)15-33(47)42(6)27(10-12-43(28,42)50)24-13-34(48)51-19-24;1-36-24-18-22(19-25(37-2)28(24)40-5)30(34)42-16-8-12-32-10-7-11-33(15-14-32)13-9-17-43-31(35)23-20-26(38-3)29(41-6)27(21-23)39-4;;/h13,20-22,25-33,35-40,45-47,49-50H,7-12,14-19H2,1-6H3;18-21H,7-17H2,1-6H3;2*1H/t20-,21-,22-,25-,26+,27-,28-,29+,30+,31+,32+,33-,35-,36-,37-,38-,39-,40-,41+,42+,43?;;;/m1.../s1. The first-order valence-corrected chi connectivity index (χ1v) is 36.1. The number of benzene rings is 2. The Morgan fingerprint density at radius 1 is 0.592 bits per heavy atom. The number of hydrogen-bond acceptors (Lipinski definition) is 27. The molecule has 21 atom stereocenters. The highest BCUT2D eigenvalue weighted by Gasteiger charge is 2.71. The van der Waals surface area contributed by atoms with Crippen LogP contribution >= 0.6 is 24.8 Å². The fourth-order valence-electron chi connectivity index (χ4n) is 18.0. The van der Waals surface area contributed by atoms with Gasteiger partial charge in [0.05, 0.1) is 121 Å².